The second-order valence-electron chi connectivity index (χ2n) is 7.01. The van der Waals surface area contributed by atoms with Crippen LogP contribution in [0.1, 0.15) is 15.3 Å². The summed E-state index contributed by atoms with van der Waals surface area (Å²) in [4.78, 5) is 14.5. The molecule has 6 nitrogen and oxygen atoms in total. The number of nitrogens with one attached hydrogen (secondary N) is 1. The first-order valence-corrected chi connectivity index (χ1v) is 12.0. The van der Waals surface area contributed by atoms with Crippen molar-refractivity contribution in [3.8, 4) is 17.1 Å². The van der Waals surface area contributed by atoms with Gasteiger partial charge in [0.15, 0.2) is 11.0 Å². The topological polar surface area (TPSA) is 72.2 Å². The molecule has 0 saturated carbocycles. The number of hydrogen-bond acceptors (Lipinski definition) is 6. The maximum absolute atomic E-state index is 12.3. The number of halogens is 1. The fourth-order valence-electron chi connectivity index (χ4n) is 2.93. The molecule has 9 heteroatoms. The molecule has 0 unspecified atom stereocenters. The second kappa shape index (κ2) is 10.1. The van der Waals surface area contributed by atoms with E-state index in [0.717, 1.165) is 21.7 Å². The Kier molecular flexibility index (Phi) is 7.04. The molecule has 32 heavy (non-hydrogen) atoms. The van der Waals surface area contributed by atoms with E-state index < -0.39 is 0 Å². The molecule has 0 spiro atoms. The van der Waals surface area contributed by atoms with Crippen LogP contribution in [0.3, 0.4) is 0 Å². The van der Waals surface area contributed by atoms with Gasteiger partial charge in [0, 0.05) is 26.0 Å². The highest BCUT2D eigenvalue weighted by Gasteiger charge is 2.17. The molecule has 0 aliphatic rings. The first-order valence-electron chi connectivity index (χ1n) is 9.79. The summed E-state index contributed by atoms with van der Waals surface area (Å²) >= 11 is 8.96. The standard InChI is InChI=1S/C23H20ClN5OS2/c1-15-3-10-19(11-4-15)29-22(17-6-8-18(24)9-7-17)27-28-23(29)31-14-21(30)26-25-13-20-12-5-16(2)32-20/h3-13H,14H2,1-2H3,(H,26,30)/b25-13-. The maximum atomic E-state index is 12.3. The predicted octanol–water partition coefficient (Wildman–Crippen LogP) is 5.51. The highest BCUT2D eigenvalue weighted by Crippen LogP contribution is 2.28. The summed E-state index contributed by atoms with van der Waals surface area (Å²) in [5.74, 6) is 0.622. The van der Waals surface area contributed by atoms with Gasteiger partial charge in [-0.2, -0.15) is 5.10 Å². The lowest BCUT2D eigenvalue weighted by molar-refractivity contribution is -0.118. The molecule has 4 rings (SSSR count). The molecule has 0 aliphatic heterocycles. The Hall–Kier alpha value is -2.94. The molecule has 0 saturated heterocycles. The number of carbonyl (C=O) groups is 1. The van der Waals surface area contributed by atoms with Crippen molar-refractivity contribution < 1.29 is 4.79 Å². The molecular formula is C23H20ClN5OS2. The second-order valence-corrected chi connectivity index (χ2v) is 9.71. The number of benzene rings is 2. The minimum atomic E-state index is -0.217. The Morgan fingerprint density at radius 3 is 2.53 bits per heavy atom. The van der Waals surface area contributed by atoms with Crippen LogP contribution in [0.25, 0.3) is 17.1 Å². The number of rotatable bonds is 7. The van der Waals surface area contributed by atoms with E-state index in [4.69, 9.17) is 11.6 Å². The summed E-state index contributed by atoms with van der Waals surface area (Å²) in [5, 5.41) is 14.0. The Bertz CT molecular complexity index is 1250. The molecule has 2 aromatic heterocycles. The third-order valence-electron chi connectivity index (χ3n) is 4.50. The van der Waals surface area contributed by atoms with E-state index in [1.807, 2.05) is 79.1 Å². The SMILES string of the molecule is Cc1ccc(-n2c(SCC(=O)N/N=C\c3ccc(C)s3)nnc2-c2ccc(Cl)cc2)cc1. The minimum absolute atomic E-state index is 0.158. The highest BCUT2D eigenvalue weighted by molar-refractivity contribution is 7.99. The minimum Gasteiger partial charge on any atom is -0.272 e. The summed E-state index contributed by atoms with van der Waals surface area (Å²) in [6.45, 7) is 4.06. The van der Waals surface area contributed by atoms with Gasteiger partial charge in [0.05, 0.1) is 12.0 Å². The molecule has 0 fully saturated rings. The molecule has 162 valence electrons. The summed E-state index contributed by atoms with van der Waals surface area (Å²) in [6.07, 6.45) is 1.65. The normalized spacial score (nSPS) is 11.2. The average molecular weight is 482 g/mol. The monoisotopic (exact) mass is 481 g/mol. The number of thioether (sulfide) groups is 1. The van der Waals surface area contributed by atoms with Gasteiger partial charge in [0.2, 0.25) is 0 Å². The fourth-order valence-corrected chi connectivity index (χ4v) is 4.55. The molecule has 0 atom stereocenters. The van der Waals surface area contributed by atoms with E-state index in [9.17, 15) is 4.79 Å². The Morgan fingerprint density at radius 2 is 1.84 bits per heavy atom. The summed E-state index contributed by atoms with van der Waals surface area (Å²) < 4.78 is 1.94. The van der Waals surface area contributed by atoms with Gasteiger partial charge in [-0.1, -0.05) is 41.1 Å². The van der Waals surface area contributed by atoms with Crippen LogP contribution in [0.2, 0.25) is 5.02 Å². The maximum Gasteiger partial charge on any atom is 0.250 e. The average Bonchev–Trinajstić information content (AvgIpc) is 3.39. The third kappa shape index (κ3) is 5.45. The first kappa shape index (κ1) is 22.3. The third-order valence-corrected chi connectivity index (χ3v) is 6.62. The van der Waals surface area contributed by atoms with Crippen molar-refractivity contribution in [2.75, 3.05) is 5.75 Å². The molecule has 2 aromatic carbocycles. The zero-order valence-corrected chi connectivity index (χ0v) is 19.8. The molecule has 2 heterocycles. The van der Waals surface area contributed by atoms with Crippen LogP contribution in [0.5, 0.6) is 0 Å². The summed E-state index contributed by atoms with van der Waals surface area (Å²) in [7, 11) is 0. The zero-order valence-electron chi connectivity index (χ0n) is 17.4. The number of aryl methyl sites for hydroxylation is 2. The van der Waals surface area contributed by atoms with E-state index >= 15 is 0 Å². The molecule has 1 amide bonds. The lowest BCUT2D eigenvalue weighted by Crippen LogP contribution is -2.19. The number of nitrogens with zero attached hydrogens (tertiary/aromatic N) is 4. The molecular weight excluding hydrogens is 462 g/mol. The largest absolute Gasteiger partial charge is 0.272 e. The lowest BCUT2D eigenvalue weighted by atomic mass is 10.2. The molecule has 0 radical (unpaired) electrons. The van der Waals surface area contributed by atoms with Crippen molar-refractivity contribution in [2.24, 2.45) is 5.10 Å². The van der Waals surface area contributed by atoms with E-state index in [1.54, 1.807) is 17.6 Å². The van der Waals surface area contributed by atoms with E-state index in [-0.39, 0.29) is 11.7 Å². The van der Waals surface area contributed by atoms with Crippen LogP contribution in [0.15, 0.2) is 70.9 Å². The fraction of sp³-hybridized carbons (Fsp3) is 0.130. The van der Waals surface area contributed by atoms with Gasteiger partial charge in [-0.05, 0) is 62.4 Å². The number of aromatic nitrogens is 3. The number of amides is 1. The Balaban J connectivity index is 1.52. The highest BCUT2D eigenvalue weighted by atomic mass is 35.5. The molecule has 1 N–H and O–H groups in total. The van der Waals surface area contributed by atoms with Crippen LogP contribution in [0, 0.1) is 13.8 Å². The van der Waals surface area contributed by atoms with Crippen molar-refractivity contribution in [3.05, 3.63) is 81.0 Å². The van der Waals surface area contributed by atoms with Crippen molar-refractivity contribution in [1.82, 2.24) is 20.2 Å². The van der Waals surface area contributed by atoms with Crippen LogP contribution in [-0.4, -0.2) is 32.6 Å². The molecule has 0 bridgehead atoms. The predicted molar refractivity (Wildman–Crippen MR) is 132 cm³/mol. The van der Waals surface area contributed by atoms with Gasteiger partial charge < -0.3 is 0 Å². The van der Waals surface area contributed by atoms with Gasteiger partial charge >= 0.3 is 0 Å². The van der Waals surface area contributed by atoms with E-state index in [2.05, 4.69) is 20.7 Å². The summed E-state index contributed by atoms with van der Waals surface area (Å²) in [5.41, 5.74) is 5.52. The van der Waals surface area contributed by atoms with Crippen LogP contribution >= 0.6 is 34.7 Å². The number of hydrogen-bond donors (Lipinski definition) is 1. The van der Waals surface area contributed by atoms with Crippen molar-refractivity contribution in [3.63, 3.8) is 0 Å². The van der Waals surface area contributed by atoms with Crippen LogP contribution < -0.4 is 5.43 Å². The number of carbonyl (C=O) groups excluding carboxylic acids is 1. The van der Waals surface area contributed by atoms with Crippen molar-refractivity contribution in [1.29, 1.82) is 0 Å². The van der Waals surface area contributed by atoms with E-state index in [0.29, 0.717) is 16.0 Å². The van der Waals surface area contributed by atoms with E-state index in [1.165, 1.54) is 16.6 Å². The first-order chi connectivity index (χ1) is 15.5. The van der Waals surface area contributed by atoms with Crippen molar-refractivity contribution in [2.45, 2.75) is 19.0 Å². The summed E-state index contributed by atoms with van der Waals surface area (Å²) in [6, 6.07) is 19.5. The Labute approximate surface area is 199 Å². The number of hydrazone groups is 1. The quantitative estimate of drug-likeness (QED) is 0.214. The lowest BCUT2D eigenvalue weighted by Gasteiger charge is -2.10. The van der Waals surface area contributed by atoms with Gasteiger partial charge in [-0.3, -0.25) is 9.36 Å². The number of thiophene rings is 1. The van der Waals surface area contributed by atoms with Crippen LogP contribution in [0.4, 0.5) is 0 Å². The molecule has 4 aromatic rings. The molecule has 0 aliphatic carbocycles. The van der Waals surface area contributed by atoms with Gasteiger partial charge in [0.1, 0.15) is 0 Å². The van der Waals surface area contributed by atoms with Gasteiger partial charge in [0.25, 0.3) is 5.91 Å². The van der Waals surface area contributed by atoms with Crippen LogP contribution in [-0.2, 0) is 4.79 Å². The zero-order chi connectivity index (χ0) is 22.5. The van der Waals surface area contributed by atoms with Gasteiger partial charge in [-0.15, -0.1) is 21.5 Å². The van der Waals surface area contributed by atoms with Gasteiger partial charge in [-0.25, -0.2) is 5.43 Å². The smallest absolute Gasteiger partial charge is 0.250 e. The van der Waals surface area contributed by atoms with Crippen molar-refractivity contribution >= 4 is 46.8 Å². The Morgan fingerprint density at radius 1 is 1.09 bits per heavy atom.